The van der Waals surface area contributed by atoms with Crippen LogP contribution in [0.5, 0.6) is 11.5 Å². The lowest BCUT2D eigenvalue weighted by molar-refractivity contribution is 0.171. The van der Waals surface area contributed by atoms with Gasteiger partial charge in [0.15, 0.2) is 11.5 Å². The maximum absolute atomic E-state index is 5.93. The minimum atomic E-state index is 0.0602. The summed E-state index contributed by atoms with van der Waals surface area (Å²) in [7, 11) is 0. The van der Waals surface area contributed by atoms with E-state index in [9.17, 15) is 0 Å². The maximum atomic E-state index is 5.93. The summed E-state index contributed by atoms with van der Waals surface area (Å²) in [4.78, 5) is 0.0602. The summed E-state index contributed by atoms with van der Waals surface area (Å²) in [6, 6.07) is 11.7. The molecule has 104 valence electrons. The van der Waals surface area contributed by atoms with Gasteiger partial charge in [0.25, 0.3) is 0 Å². The average molecular weight is 419 g/mol. The Bertz CT molecular complexity index is 629. The molecule has 2 nitrogen and oxygen atoms in total. The Hall–Kier alpha value is -0.710. The summed E-state index contributed by atoms with van der Waals surface area (Å²) in [6.07, 6.45) is 0. The number of hydrogen-bond acceptors (Lipinski definition) is 2. The van der Waals surface area contributed by atoms with Crippen LogP contribution < -0.4 is 9.47 Å². The lowest BCUT2D eigenvalue weighted by Gasteiger charge is -2.21. The van der Waals surface area contributed by atoms with Gasteiger partial charge in [-0.05, 0) is 35.4 Å². The molecule has 0 N–H and O–H groups in total. The third-order valence-corrected chi connectivity index (χ3v) is 5.06. The normalized spacial score (nSPS) is 14.9. The number of fused-ring (bicyclic) bond motifs is 1. The first-order chi connectivity index (χ1) is 9.65. The number of ether oxygens (including phenoxy) is 2. The van der Waals surface area contributed by atoms with Crippen LogP contribution in [-0.2, 0) is 0 Å². The fourth-order valence-electron chi connectivity index (χ4n) is 2.09. The van der Waals surface area contributed by atoms with Gasteiger partial charge in [0.05, 0.1) is 4.83 Å². The molecule has 0 spiro atoms. The number of hydrogen-bond donors (Lipinski definition) is 0. The second-order valence-electron chi connectivity index (χ2n) is 4.43. The van der Waals surface area contributed by atoms with Crippen LogP contribution in [0.4, 0.5) is 0 Å². The minimum absolute atomic E-state index is 0.0602. The Balaban J connectivity index is 1.98. The highest BCUT2D eigenvalue weighted by atomic mass is 79.9. The zero-order valence-electron chi connectivity index (χ0n) is 10.4. The zero-order chi connectivity index (χ0) is 14.1. The summed E-state index contributed by atoms with van der Waals surface area (Å²) < 4.78 is 12.2. The molecule has 0 aromatic heterocycles. The zero-order valence-corrected chi connectivity index (χ0v) is 14.3. The van der Waals surface area contributed by atoms with Crippen LogP contribution in [0.1, 0.15) is 16.0 Å². The average Bonchev–Trinajstić information content (AvgIpc) is 2.46. The molecular weight excluding hydrogens is 407 g/mol. The summed E-state index contributed by atoms with van der Waals surface area (Å²) in [5.41, 5.74) is 2.23. The molecule has 2 aromatic carbocycles. The standard InChI is InChI=1S/C15H11Br2ClO2/c16-12-8-14-13(19-5-6-20-14)7-11(12)15(17)9-1-3-10(18)4-2-9/h1-4,7-8,15H,5-6H2. The number of rotatable bonds is 2. The molecular formula is C15H11Br2ClO2. The summed E-state index contributed by atoms with van der Waals surface area (Å²) in [5.74, 6) is 1.57. The van der Waals surface area contributed by atoms with Crippen molar-refractivity contribution in [2.75, 3.05) is 13.2 Å². The van der Waals surface area contributed by atoms with E-state index in [0.717, 1.165) is 32.1 Å². The van der Waals surface area contributed by atoms with Gasteiger partial charge in [-0.1, -0.05) is 55.6 Å². The van der Waals surface area contributed by atoms with Gasteiger partial charge in [0, 0.05) is 9.50 Å². The first-order valence-electron chi connectivity index (χ1n) is 6.14. The highest BCUT2D eigenvalue weighted by Gasteiger charge is 2.19. The van der Waals surface area contributed by atoms with Crippen LogP contribution in [0.25, 0.3) is 0 Å². The van der Waals surface area contributed by atoms with E-state index in [0.29, 0.717) is 13.2 Å². The molecule has 2 aromatic rings. The molecule has 0 bridgehead atoms. The molecule has 0 radical (unpaired) electrons. The van der Waals surface area contributed by atoms with Crippen LogP contribution in [0.3, 0.4) is 0 Å². The molecule has 1 heterocycles. The van der Waals surface area contributed by atoms with Crippen molar-refractivity contribution in [1.29, 1.82) is 0 Å². The summed E-state index contributed by atoms with van der Waals surface area (Å²) in [5, 5.41) is 0.731. The van der Waals surface area contributed by atoms with E-state index >= 15 is 0 Å². The van der Waals surface area contributed by atoms with Crippen molar-refractivity contribution in [3.8, 4) is 11.5 Å². The van der Waals surface area contributed by atoms with E-state index in [1.165, 1.54) is 0 Å². The van der Waals surface area contributed by atoms with Crippen LogP contribution in [0.15, 0.2) is 40.9 Å². The van der Waals surface area contributed by atoms with Gasteiger partial charge in [0.2, 0.25) is 0 Å². The monoisotopic (exact) mass is 416 g/mol. The van der Waals surface area contributed by atoms with E-state index in [1.807, 2.05) is 36.4 Å². The van der Waals surface area contributed by atoms with Gasteiger partial charge < -0.3 is 9.47 Å². The lowest BCUT2D eigenvalue weighted by atomic mass is 10.0. The number of benzene rings is 2. The quantitative estimate of drug-likeness (QED) is 0.612. The Labute approximate surface area is 139 Å². The molecule has 0 amide bonds. The SMILES string of the molecule is Clc1ccc(C(Br)c2cc3c(cc2Br)OCCO3)cc1. The smallest absolute Gasteiger partial charge is 0.162 e. The number of alkyl halides is 1. The highest BCUT2D eigenvalue weighted by molar-refractivity contribution is 9.11. The molecule has 0 saturated carbocycles. The van der Waals surface area contributed by atoms with Crippen molar-refractivity contribution in [3.63, 3.8) is 0 Å². The molecule has 0 saturated heterocycles. The topological polar surface area (TPSA) is 18.5 Å². The Kier molecular flexibility index (Phi) is 4.24. The molecule has 5 heteroatoms. The van der Waals surface area contributed by atoms with Gasteiger partial charge in [-0.2, -0.15) is 0 Å². The van der Waals surface area contributed by atoms with E-state index in [4.69, 9.17) is 21.1 Å². The molecule has 1 unspecified atom stereocenters. The van der Waals surface area contributed by atoms with Crippen LogP contribution in [0.2, 0.25) is 5.02 Å². The van der Waals surface area contributed by atoms with Gasteiger partial charge in [-0.15, -0.1) is 0 Å². The van der Waals surface area contributed by atoms with Crippen molar-refractivity contribution in [2.45, 2.75) is 4.83 Å². The number of halogens is 3. The van der Waals surface area contributed by atoms with E-state index in [-0.39, 0.29) is 4.83 Å². The van der Waals surface area contributed by atoms with Crippen molar-refractivity contribution >= 4 is 43.5 Å². The van der Waals surface area contributed by atoms with Crippen LogP contribution in [-0.4, -0.2) is 13.2 Å². The van der Waals surface area contributed by atoms with Crippen LogP contribution in [0, 0.1) is 0 Å². The predicted octanol–water partition coefficient (Wildman–Crippen LogP) is 5.36. The van der Waals surface area contributed by atoms with Crippen LogP contribution >= 0.6 is 43.5 Å². The molecule has 1 aliphatic heterocycles. The lowest BCUT2D eigenvalue weighted by Crippen LogP contribution is -2.15. The molecule has 3 rings (SSSR count). The fraction of sp³-hybridized carbons (Fsp3) is 0.200. The van der Waals surface area contributed by atoms with Gasteiger partial charge in [-0.3, -0.25) is 0 Å². The van der Waals surface area contributed by atoms with Crippen molar-refractivity contribution in [2.24, 2.45) is 0 Å². The third kappa shape index (κ3) is 2.83. The minimum Gasteiger partial charge on any atom is -0.486 e. The Morgan fingerprint density at radius 2 is 1.60 bits per heavy atom. The maximum Gasteiger partial charge on any atom is 0.162 e. The first-order valence-corrected chi connectivity index (χ1v) is 8.22. The predicted molar refractivity (Wildman–Crippen MR) is 87.4 cm³/mol. The molecule has 20 heavy (non-hydrogen) atoms. The first kappa shape index (κ1) is 14.2. The summed E-state index contributed by atoms with van der Waals surface area (Å²) >= 11 is 13.3. The molecule has 0 aliphatic carbocycles. The van der Waals surface area contributed by atoms with E-state index < -0.39 is 0 Å². The summed E-state index contributed by atoms with van der Waals surface area (Å²) in [6.45, 7) is 1.18. The second kappa shape index (κ2) is 5.96. The van der Waals surface area contributed by atoms with Crippen molar-refractivity contribution in [3.05, 3.63) is 57.0 Å². The molecule has 1 aliphatic rings. The van der Waals surface area contributed by atoms with E-state index in [2.05, 4.69) is 31.9 Å². The molecule has 0 fully saturated rings. The Morgan fingerprint density at radius 1 is 1.00 bits per heavy atom. The van der Waals surface area contributed by atoms with Gasteiger partial charge in [0.1, 0.15) is 13.2 Å². The second-order valence-corrected chi connectivity index (χ2v) is 6.64. The highest BCUT2D eigenvalue weighted by Crippen LogP contribution is 2.42. The Morgan fingerprint density at radius 3 is 2.25 bits per heavy atom. The van der Waals surface area contributed by atoms with Crippen molar-refractivity contribution < 1.29 is 9.47 Å². The van der Waals surface area contributed by atoms with Gasteiger partial charge in [-0.25, -0.2) is 0 Å². The third-order valence-electron chi connectivity index (χ3n) is 3.10. The van der Waals surface area contributed by atoms with Crippen molar-refractivity contribution in [1.82, 2.24) is 0 Å². The fourth-order valence-corrected chi connectivity index (χ4v) is 3.75. The van der Waals surface area contributed by atoms with Gasteiger partial charge >= 0.3 is 0 Å². The largest absolute Gasteiger partial charge is 0.486 e. The van der Waals surface area contributed by atoms with E-state index in [1.54, 1.807) is 0 Å². The molecule has 1 atom stereocenters.